The van der Waals surface area contributed by atoms with Crippen LogP contribution in [0.25, 0.3) is 22.2 Å². The molecule has 4 saturated heterocycles. The van der Waals surface area contributed by atoms with E-state index in [4.69, 9.17) is 79.9 Å². The molecular weight excluding hydrogens is 1340 g/mol. The van der Waals surface area contributed by atoms with Crippen molar-refractivity contribution in [3.8, 4) is 11.5 Å². The molecule has 4 aromatic carbocycles. The lowest BCUT2D eigenvalue weighted by Crippen LogP contribution is -2.37. The number of carbonyl (C=O) groups is 1. The number of rotatable bonds is 10. The summed E-state index contributed by atoms with van der Waals surface area (Å²) in [5, 5.41) is 26.0. The number of sulfone groups is 4. The summed E-state index contributed by atoms with van der Waals surface area (Å²) in [6.45, 7) is 22.2. The highest BCUT2D eigenvalue weighted by molar-refractivity contribution is 7.94. The number of urea groups is 1. The number of nitrogens with one attached hydrogen (secondary N) is 2. The van der Waals surface area contributed by atoms with Crippen LogP contribution in [0.5, 0.6) is 11.5 Å². The number of nitrogens with two attached hydrogens (primary N) is 1. The zero-order chi connectivity index (χ0) is 67.5. The van der Waals surface area contributed by atoms with E-state index >= 15 is 0 Å². The number of carbonyl (C=O) groups excluding carboxylic acids is 1. The first-order valence-corrected chi connectivity index (χ1v) is 36.5. The number of nitrogen functional groups attached to an aromatic ring is 1. The Morgan fingerprint density at radius 1 is 0.549 bits per heavy atom. The van der Waals surface area contributed by atoms with Crippen molar-refractivity contribution >= 4 is 125 Å². The van der Waals surface area contributed by atoms with E-state index in [1.807, 2.05) is 48.5 Å². The highest BCUT2D eigenvalue weighted by Crippen LogP contribution is 2.47. The smallest absolute Gasteiger partial charge is 0.319 e. The minimum absolute atomic E-state index is 0.0134. The molecule has 6 aromatic rings. The predicted molar refractivity (Wildman–Crippen MR) is 349 cm³/mol. The lowest BCUT2D eigenvalue weighted by atomic mass is 9.97. The van der Waals surface area contributed by atoms with E-state index in [-0.39, 0.29) is 106 Å². The first kappa shape index (κ1) is 71.9. The molecule has 6 N–H and O–H groups in total. The predicted octanol–water partition coefficient (Wildman–Crippen LogP) is 12.3. The molecule has 1 aliphatic carbocycles. The number of benzene rings is 4. The maximum Gasteiger partial charge on any atom is 0.319 e. The highest BCUT2D eigenvalue weighted by atomic mass is 35.5. The number of halogens is 4. The van der Waals surface area contributed by atoms with Gasteiger partial charge in [-0.15, -0.1) is 0 Å². The molecule has 0 saturated carbocycles. The Morgan fingerprint density at radius 2 is 0.890 bits per heavy atom. The number of allylic oxidation sites excluding steroid dienone is 1. The molecule has 22 nitrogen and oxygen atoms in total. The Hall–Kier alpha value is -4.97. The third-order valence-corrected chi connectivity index (χ3v) is 28.8. The molecule has 0 bridgehead atoms. The van der Waals surface area contributed by atoms with Crippen molar-refractivity contribution in [1.82, 2.24) is 15.3 Å². The van der Waals surface area contributed by atoms with Crippen LogP contribution in [0.2, 0.25) is 20.1 Å². The number of aromatic hydroxyl groups is 2. The van der Waals surface area contributed by atoms with Gasteiger partial charge in [0.1, 0.15) is 30.6 Å². The van der Waals surface area contributed by atoms with Crippen molar-refractivity contribution in [3.05, 3.63) is 92.1 Å². The van der Waals surface area contributed by atoms with Gasteiger partial charge in [-0.25, -0.2) is 48.4 Å². The van der Waals surface area contributed by atoms with E-state index in [9.17, 15) is 48.7 Å². The largest absolute Gasteiger partial charge is 0.504 e. The molecule has 5 aliphatic rings. The number of phenols is 2. The van der Waals surface area contributed by atoms with Gasteiger partial charge in [-0.2, -0.15) is 0 Å². The number of nitrogens with zero attached hydrogens (tertiary/aromatic N) is 2. The van der Waals surface area contributed by atoms with Crippen molar-refractivity contribution in [2.75, 3.05) is 63.9 Å². The van der Waals surface area contributed by atoms with Crippen LogP contribution < -0.4 is 16.4 Å². The van der Waals surface area contributed by atoms with Crippen LogP contribution in [-0.2, 0) is 69.1 Å². The fourth-order valence-electron chi connectivity index (χ4n) is 10.5. The molecule has 4 aliphatic heterocycles. The van der Waals surface area contributed by atoms with Crippen molar-refractivity contribution in [3.63, 3.8) is 0 Å². The number of aromatic nitrogens is 2. The van der Waals surface area contributed by atoms with Gasteiger partial charge in [0, 0.05) is 37.3 Å². The van der Waals surface area contributed by atoms with E-state index in [2.05, 4.69) is 26.7 Å². The number of amides is 2. The summed E-state index contributed by atoms with van der Waals surface area (Å²) in [6, 6.07) is 11.3. The highest BCUT2D eigenvalue weighted by Gasteiger charge is 2.50. The van der Waals surface area contributed by atoms with Crippen LogP contribution in [-0.4, -0.2) is 138 Å². The van der Waals surface area contributed by atoms with Gasteiger partial charge in [0.05, 0.1) is 82.9 Å². The molecule has 91 heavy (non-hydrogen) atoms. The average molecular weight is 1420 g/mol. The monoisotopic (exact) mass is 1420 g/mol. The molecule has 0 radical (unpaired) electrons. The molecule has 0 spiro atoms. The Balaban J connectivity index is 0.000000158. The molecule has 5 atom stereocenters. The molecule has 2 amide bonds. The summed E-state index contributed by atoms with van der Waals surface area (Å²) in [7, 11) is -15.2. The van der Waals surface area contributed by atoms with Crippen LogP contribution in [0.1, 0.15) is 126 Å². The number of phenolic OH excluding ortho intramolecular Hbond substituents is 2. The maximum absolute atomic E-state index is 13.2. The summed E-state index contributed by atoms with van der Waals surface area (Å²) in [4.78, 5) is 20.5. The molecule has 30 heteroatoms. The second-order valence-corrected chi connectivity index (χ2v) is 37.5. The van der Waals surface area contributed by atoms with Crippen molar-refractivity contribution in [2.24, 2.45) is 0 Å². The molecule has 2 aromatic heterocycles. The van der Waals surface area contributed by atoms with Crippen LogP contribution in [0.4, 0.5) is 16.2 Å². The summed E-state index contributed by atoms with van der Waals surface area (Å²) >= 11 is 24.5. The van der Waals surface area contributed by atoms with E-state index in [0.29, 0.717) is 74.9 Å². The van der Waals surface area contributed by atoms with Gasteiger partial charge in [0.15, 0.2) is 62.0 Å². The van der Waals surface area contributed by atoms with Gasteiger partial charge in [-0.3, -0.25) is 0 Å². The third kappa shape index (κ3) is 13.9. The first-order chi connectivity index (χ1) is 42.1. The minimum atomic E-state index is -3.98. The van der Waals surface area contributed by atoms with Gasteiger partial charge in [-0.05, 0) is 122 Å². The molecule has 1 unspecified atom stereocenters. The lowest BCUT2D eigenvalue weighted by Gasteiger charge is -2.24. The summed E-state index contributed by atoms with van der Waals surface area (Å²) in [6.07, 6.45) is 5.29. The molecule has 11 rings (SSSR count). The van der Waals surface area contributed by atoms with Crippen molar-refractivity contribution in [2.45, 2.75) is 170 Å². The summed E-state index contributed by atoms with van der Waals surface area (Å²) in [5.74, 6) is -0.0850. The fourth-order valence-corrected chi connectivity index (χ4v) is 19.5. The van der Waals surface area contributed by atoms with Gasteiger partial charge < -0.3 is 54.4 Å². The van der Waals surface area contributed by atoms with Gasteiger partial charge in [-0.1, -0.05) is 99.6 Å². The Morgan fingerprint density at radius 3 is 1.23 bits per heavy atom. The number of anilines is 2. The number of ether oxygens (including phenoxy) is 4. The molecule has 6 heterocycles. The Labute approximate surface area is 550 Å². The van der Waals surface area contributed by atoms with E-state index in [1.54, 1.807) is 52.0 Å². The summed E-state index contributed by atoms with van der Waals surface area (Å²) < 4.78 is 133. The molecule has 500 valence electrons. The second-order valence-electron chi connectivity index (χ2n) is 26.3. The quantitative estimate of drug-likeness (QED) is 0.0483. The van der Waals surface area contributed by atoms with Gasteiger partial charge >= 0.3 is 6.03 Å². The van der Waals surface area contributed by atoms with Crippen LogP contribution >= 0.6 is 46.4 Å². The zero-order valence-corrected chi connectivity index (χ0v) is 58.6. The SMILES string of the molecule is CC(C)(C)c1nc2ccc(Cl)c(S(=O)(=O)C3(C)CCOC3)c2o1.CC(C)(C)c1nc2ccc(Cl)c(S(=O)(=O)[C@@]3(C)CCOC3)c2o1.CC1=CCC[C@@H]1NC(=O)Nc1ccc(Cl)c(S(=O)(=O)[C@@]2(C)CCOC2)c1O.C[C@]1(S(=O)(=O)c2c(Cl)ccc(N)c2O)CCOC1. The number of hydrogen-bond donors (Lipinski definition) is 5. The third-order valence-electron chi connectivity index (χ3n) is 16.8. The van der Waals surface area contributed by atoms with Crippen LogP contribution in [0, 0.1) is 0 Å². The molecular formula is C61H77Cl4N5O17S4. The van der Waals surface area contributed by atoms with Gasteiger partial charge in [0.25, 0.3) is 0 Å². The summed E-state index contributed by atoms with van der Waals surface area (Å²) in [5.41, 5.74) is 7.38. The van der Waals surface area contributed by atoms with Crippen molar-refractivity contribution in [1.29, 1.82) is 0 Å². The topological polar surface area (TPSA) is 333 Å². The van der Waals surface area contributed by atoms with E-state index < -0.39 is 75.9 Å². The Kier molecular flexibility index (Phi) is 20.8. The van der Waals surface area contributed by atoms with Crippen LogP contribution in [0.15, 0.2) is 88.6 Å². The number of hydrogen-bond acceptors (Lipinski definition) is 20. The van der Waals surface area contributed by atoms with Gasteiger partial charge in [0.2, 0.25) is 11.8 Å². The van der Waals surface area contributed by atoms with Crippen LogP contribution in [0.3, 0.4) is 0 Å². The fraction of sp³-hybridized carbons (Fsp3) is 0.525. The standard InChI is InChI=1S/C18H23ClN2O5S.2C16H20ClNO4S.C11H14ClNO4S/c1-11-4-3-5-13(11)20-17(23)21-14-7-6-12(19)16(15(14)22)27(24,25)18(2)8-9-26-10-18;2*1-15(2,3)14-18-11-6-5-10(17)13(12(11)22-14)23(19,20)16(4)7-8-21-9-16;1-11(4-5-17-6-11)18(15,16)10-7(12)2-3-8(13)9(10)14/h4,6-7,13,22H,3,5,8-10H2,1-2H3,(H2,20,21,23);2*5-6H,7-9H2,1-4H3;2-3,14H,4-6,13H2,1H3/t13-,18-;16-;;11-/m00.0/s1. The second kappa shape index (κ2) is 26.3. The first-order valence-electron chi connectivity index (χ1n) is 29.1. The zero-order valence-electron chi connectivity index (χ0n) is 52.3. The van der Waals surface area contributed by atoms with E-state index in [0.717, 1.165) is 18.4 Å². The van der Waals surface area contributed by atoms with E-state index in [1.165, 1.54) is 24.3 Å². The minimum Gasteiger partial charge on any atom is -0.504 e. The number of oxazole rings is 2. The lowest BCUT2D eigenvalue weighted by molar-refractivity contribution is 0.191. The maximum atomic E-state index is 13.2. The molecule has 4 fully saturated rings. The normalized spacial score (nSPS) is 23.9. The number of fused-ring (bicyclic) bond motifs is 2. The van der Waals surface area contributed by atoms with Crippen molar-refractivity contribution < 1.29 is 76.5 Å². The average Bonchev–Trinajstić information content (AvgIpc) is 1.71. The Bertz CT molecular complexity index is 4120.